The lowest BCUT2D eigenvalue weighted by molar-refractivity contribution is 0.294. The molecule has 0 radical (unpaired) electrons. The van der Waals surface area contributed by atoms with E-state index in [-0.39, 0.29) is 0 Å². The van der Waals surface area contributed by atoms with E-state index < -0.39 is 0 Å². The Morgan fingerprint density at radius 2 is 1.93 bits per heavy atom. The lowest BCUT2D eigenvalue weighted by atomic mass is 10.1. The van der Waals surface area contributed by atoms with Crippen LogP contribution in [-0.4, -0.2) is 41.1 Å². The minimum atomic E-state index is 0.657. The summed E-state index contributed by atoms with van der Waals surface area (Å²) < 4.78 is 12.9. The Kier molecular flexibility index (Phi) is 7.08. The molecular weight excluding hydrogens is 372 g/mol. The van der Waals surface area contributed by atoms with E-state index in [0.29, 0.717) is 18.8 Å². The molecule has 2 aromatic carbocycles. The number of methoxy groups -OCH3 is 1. The molecule has 0 amide bonds. The molecule has 1 aromatic heterocycles. The van der Waals surface area contributed by atoms with Crippen molar-refractivity contribution in [3.05, 3.63) is 65.5 Å². The number of ether oxygens (including phenoxy) is 2. The van der Waals surface area contributed by atoms with Crippen LogP contribution in [-0.2, 0) is 6.42 Å². The van der Waals surface area contributed by atoms with Gasteiger partial charge in [0.25, 0.3) is 0 Å². The highest BCUT2D eigenvalue weighted by Gasteiger charge is 2.11. The zero-order valence-electron chi connectivity index (χ0n) is 16.3. The Morgan fingerprint density at radius 1 is 1.11 bits per heavy atom. The van der Waals surface area contributed by atoms with Crippen molar-refractivity contribution in [2.75, 3.05) is 20.0 Å². The van der Waals surface area contributed by atoms with Crippen LogP contribution >= 0.6 is 11.8 Å². The van der Waals surface area contributed by atoms with Gasteiger partial charge in [0.2, 0.25) is 5.16 Å². The van der Waals surface area contributed by atoms with E-state index in [9.17, 15) is 0 Å². The maximum Gasteiger partial charge on any atom is 0.211 e. The van der Waals surface area contributed by atoms with Crippen LogP contribution in [0.2, 0.25) is 0 Å². The average Bonchev–Trinajstić information content (AvgIpc) is 3.13. The predicted octanol–water partition coefficient (Wildman–Crippen LogP) is 4.27. The monoisotopic (exact) mass is 396 g/mol. The van der Waals surface area contributed by atoms with Crippen molar-refractivity contribution in [3.63, 3.8) is 0 Å². The van der Waals surface area contributed by atoms with Gasteiger partial charge in [-0.25, -0.2) is 0 Å². The van der Waals surface area contributed by atoms with Crippen molar-refractivity contribution in [2.24, 2.45) is 5.10 Å². The van der Waals surface area contributed by atoms with Crippen molar-refractivity contribution in [1.82, 2.24) is 14.9 Å². The first kappa shape index (κ1) is 19.9. The molecule has 0 aliphatic carbocycles. The van der Waals surface area contributed by atoms with Crippen LogP contribution in [0.15, 0.2) is 58.8 Å². The Labute approximate surface area is 169 Å². The minimum absolute atomic E-state index is 0.657. The lowest BCUT2D eigenvalue weighted by Gasteiger charge is -2.10. The highest BCUT2D eigenvalue weighted by Crippen LogP contribution is 2.27. The fraction of sp³-hybridized carbons (Fsp3) is 0.286. The number of nitrogens with zero attached hydrogens (tertiary/aromatic N) is 4. The SMILES string of the molecule is CCCOc1ccc(/C=N\n2c(Cc3ccccc3)nnc2SC)cc1OC. The second kappa shape index (κ2) is 9.94. The fourth-order valence-electron chi connectivity index (χ4n) is 2.65. The fourth-order valence-corrected chi connectivity index (χ4v) is 3.10. The van der Waals surface area contributed by atoms with E-state index >= 15 is 0 Å². The zero-order chi connectivity index (χ0) is 19.8. The van der Waals surface area contributed by atoms with Gasteiger partial charge in [-0.3, -0.25) is 0 Å². The van der Waals surface area contributed by atoms with Crippen LogP contribution in [0.4, 0.5) is 0 Å². The molecule has 6 nitrogen and oxygen atoms in total. The molecule has 1 heterocycles. The van der Waals surface area contributed by atoms with Gasteiger partial charge in [-0.05, 0) is 42.0 Å². The van der Waals surface area contributed by atoms with E-state index in [1.807, 2.05) is 42.7 Å². The molecule has 146 valence electrons. The van der Waals surface area contributed by atoms with Crippen LogP contribution in [0.1, 0.15) is 30.3 Å². The molecule has 3 rings (SSSR count). The zero-order valence-corrected chi connectivity index (χ0v) is 17.1. The Morgan fingerprint density at radius 3 is 2.64 bits per heavy atom. The normalized spacial score (nSPS) is 11.1. The number of hydrogen-bond acceptors (Lipinski definition) is 6. The summed E-state index contributed by atoms with van der Waals surface area (Å²) in [5, 5.41) is 13.9. The standard InChI is InChI=1S/C21H24N4O2S/c1-4-12-27-18-11-10-17(13-19(18)26-2)15-22-25-20(23-24-21(25)28-3)14-16-8-6-5-7-9-16/h5-11,13,15H,4,12,14H2,1-3H3/b22-15-. The Balaban J connectivity index is 1.84. The molecule has 0 aliphatic rings. The van der Waals surface area contributed by atoms with Gasteiger partial charge in [-0.1, -0.05) is 49.0 Å². The van der Waals surface area contributed by atoms with Gasteiger partial charge in [0, 0.05) is 6.42 Å². The van der Waals surface area contributed by atoms with Gasteiger partial charge in [-0.15, -0.1) is 10.2 Å². The maximum absolute atomic E-state index is 5.71. The quantitative estimate of drug-likeness (QED) is 0.399. The molecule has 0 N–H and O–H groups in total. The highest BCUT2D eigenvalue weighted by atomic mass is 32.2. The van der Waals surface area contributed by atoms with Crippen molar-refractivity contribution in [3.8, 4) is 11.5 Å². The molecule has 0 saturated carbocycles. The number of rotatable bonds is 9. The summed E-state index contributed by atoms with van der Waals surface area (Å²) in [7, 11) is 1.64. The molecule has 0 saturated heterocycles. The van der Waals surface area contributed by atoms with Crippen molar-refractivity contribution in [1.29, 1.82) is 0 Å². The lowest BCUT2D eigenvalue weighted by Crippen LogP contribution is -2.02. The first-order valence-electron chi connectivity index (χ1n) is 9.12. The smallest absolute Gasteiger partial charge is 0.211 e. The average molecular weight is 397 g/mol. The van der Waals surface area contributed by atoms with Crippen LogP contribution in [0.5, 0.6) is 11.5 Å². The predicted molar refractivity (Wildman–Crippen MR) is 113 cm³/mol. The largest absolute Gasteiger partial charge is 0.493 e. The molecule has 0 unspecified atom stereocenters. The summed E-state index contributed by atoms with van der Waals surface area (Å²) in [5.41, 5.74) is 2.07. The number of hydrogen-bond donors (Lipinski definition) is 0. The van der Waals surface area contributed by atoms with Crippen LogP contribution < -0.4 is 9.47 Å². The molecule has 3 aromatic rings. The van der Waals surface area contributed by atoms with E-state index in [1.54, 1.807) is 18.0 Å². The number of thioether (sulfide) groups is 1. The summed E-state index contributed by atoms with van der Waals surface area (Å²) in [5.74, 6) is 2.22. The molecule has 0 fully saturated rings. The van der Waals surface area contributed by atoms with E-state index in [2.05, 4.69) is 34.4 Å². The molecule has 0 spiro atoms. The van der Waals surface area contributed by atoms with Gasteiger partial charge in [0.05, 0.1) is 19.9 Å². The molecular formula is C21H24N4O2S. The third-order valence-corrected chi connectivity index (χ3v) is 4.66. The summed E-state index contributed by atoms with van der Waals surface area (Å²) in [6.07, 6.45) is 5.36. The van der Waals surface area contributed by atoms with Gasteiger partial charge >= 0.3 is 0 Å². The third-order valence-electron chi connectivity index (χ3n) is 4.04. The van der Waals surface area contributed by atoms with Crippen molar-refractivity contribution < 1.29 is 9.47 Å². The van der Waals surface area contributed by atoms with Crippen molar-refractivity contribution >= 4 is 18.0 Å². The highest BCUT2D eigenvalue weighted by molar-refractivity contribution is 7.98. The second-order valence-electron chi connectivity index (χ2n) is 6.08. The first-order chi connectivity index (χ1) is 13.7. The third kappa shape index (κ3) is 4.92. The second-order valence-corrected chi connectivity index (χ2v) is 6.85. The molecule has 28 heavy (non-hydrogen) atoms. The van der Waals surface area contributed by atoms with E-state index in [4.69, 9.17) is 9.47 Å². The molecule has 0 aliphatic heterocycles. The Bertz CT molecular complexity index is 925. The first-order valence-corrected chi connectivity index (χ1v) is 10.3. The summed E-state index contributed by atoms with van der Waals surface area (Å²) in [6, 6.07) is 15.9. The van der Waals surface area contributed by atoms with Crippen molar-refractivity contribution in [2.45, 2.75) is 24.9 Å². The molecule has 0 bridgehead atoms. The van der Waals surface area contributed by atoms with Crippen LogP contribution in [0.25, 0.3) is 0 Å². The van der Waals surface area contributed by atoms with E-state index in [0.717, 1.165) is 34.3 Å². The van der Waals surface area contributed by atoms with Gasteiger partial charge in [-0.2, -0.15) is 9.78 Å². The van der Waals surface area contributed by atoms with Crippen LogP contribution in [0.3, 0.4) is 0 Å². The summed E-state index contributed by atoms with van der Waals surface area (Å²) in [4.78, 5) is 0. The van der Waals surface area contributed by atoms with Gasteiger partial charge in [0.15, 0.2) is 17.3 Å². The summed E-state index contributed by atoms with van der Waals surface area (Å²) >= 11 is 1.51. The molecule has 7 heteroatoms. The van der Waals surface area contributed by atoms with Gasteiger partial charge in [0.1, 0.15) is 0 Å². The van der Waals surface area contributed by atoms with Crippen LogP contribution in [0, 0.1) is 0 Å². The minimum Gasteiger partial charge on any atom is -0.493 e. The topological polar surface area (TPSA) is 61.5 Å². The number of aromatic nitrogens is 3. The van der Waals surface area contributed by atoms with Gasteiger partial charge < -0.3 is 9.47 Å². The molecule has 0 atom stereocenters. The maximum atomic E-state index is 5.71. The summed E-state index contributed by atoms with van der Waals surface area (Å²) in [6.45, 7) is 2.73. The Hall–Kier alpha value is -2.80. The van der Waals surface area contributed by atoms with E-state index in [1.165, 1.54) is 11.8 Å². The number of benzene rings is 2.